The molecule has 0 radical (unpaired) electrons. The van der Waals surface area contributed by atoms with Gasteiger partial charge in [-0.15, -0.1) is 10.2 Å². The molecule has 1 amide bonds. The van der Waals surface area contributed by atoms with E-state index in [4.69, 9.17) is 9.47 Å². The van der Waals surface area contributed by atoms with E-state index in [1.165, 1.54) is 13.8 Å². The number of ether oxygens (including phenoxy) is 2. The summed E-state index contributed by atoms with van der Waals surface area (Å²) in [5.41, 5.74) is 3.60. The zero-order chi connectivity index (χ0) is 27.7. The van der Waals surface area contributed by atoms with Crippen LogP contribution in [-0.2, 0) is 30.4 Å². The molecule has 1 unspecified atom stereocenters. The van der Waals surface area contributed by atoms with Crippen molar-refractivity contribution in [1.82, 2.24) is 25.5 Å². The first-order valence-corrected chi connectivity index (χ1v) is 12.8. The van der Waals surface area contributed by atoms with Crippen LogP contribution in [0, 0.1) is 5.92 Å². The second-order valence-corrected chi connectivity index (χ2v) is 9.41. The summed E-state index contributed by atoms with van der Waals surface area (Å²) in [6.07, 6.45) is 0.842. The summed E-state index contributed by atoms with van der Waals surface area (Å²) in [5, 5.41) is 14.3. The smallest absolute Gasteiger partial charge is 0.332 e. The molecule has 1 N–H and O–H groups in total. The number of carbonyl (C=O) groups excluding carboxylic acids is 3. The second-order valence-electron chi connectivity index (χ2n) is 9.41. The molecule has 3 rings (SSSR count). The van der Waals surface area contributed by atoms with Crippen LogP contribution in [0.4, 0.5) is 0 Å². The number of tetrazole rings is 1. The predicted octanol–water partition coefficient (Wildman–Crippen LogP) is 4.53. The molecule has 0 fully saturated rings. The quantitative estimate of drug-likeness (QED) is 0.272. The number of carbonyl (C=O) groups is 3. The molecule has 2 atom stereocenters. The number of amides is 1. The molecule has 0 aliphatic heterocycles. The van der Waals surface area contributed by atoms with Gasteiger partial charge in [-0.25, -0.2) is 4.79 Å². The van der Waals surface area contributed by atoms with Crippen LogP contribution in [0.2, 0.25) is 0 Å². The Morgan fingerprint density at radius 1 is 0.974 bits per heavy atom. The summed E-state index contributed by atoms with van der Waals surface area (Å²) >= 11 is 0. The van der Waals surface area contributed by atoms with Gasteiger partial charge in [0.15, 0.2) is 0 Å². The van der Waals surface area contributed by atoms with E-state index in [-0.39, 0.29) is 18.4 Å². The van der Waals surface area contributed by atoms with Gasteiger partial charge in [0, 0.05) is 32.4 Å². The van der Waals surface area contributed by atoms with Crippen molar-refractivity contribution in [3.63, 3.8) is 0 Å². The van der Waals surface area contributed by atoms with E-state index < -0.39 is 24.3 Å². The highest BCUT2D eigenvalue weighted by atomic mass is 16.7. The molecule has 10 heteroatoms. The first kappa shape index (κ1) is 28.5. The van der Waals surface area contributed by atoms with Gasteiger partial charge in [-0.05, 0) is 34.2 Å². The lowest BCUT2D eigenvalue weighted by atomic mass is 9.97. The number of aromatic amines is 1. The molecule has 1 heterocycles. The van der Waals surface area contributed by atoms with Crippen LogP contribution in [-0.4, -0.2) is 55.7 Å². The average Bonchev–Trinajstić information content (AvgIpc) is 3.41. The maximum absolute atomic E-state index is 13.3. The fraction of sp³-hybridized carbons (Fsp3) is 0.429. The van der Waals surface area contributed by atoms with Gasteiger partial charge in [-0.3, -0.25) is 9.59 Å². The van der Waals surface area contributed by atoms with Gasteiger partial charge in [0.25, 0.3) is 0 Å². The zero-order valence-electron chi connectivity index (χ0n) is 22.5. The van der Waals surface area contributed by atoms with Crippen LogP contribution in [0.1, 0.15) is 59.4 Å². The molecular weight excluding hydrogens is 486 g/mol. The summed E-state index contributed by atoms with van der Waals surface area (Å²) in [4.78, 5) is 39.3. The predicted molar refractivity (Wildman–Crippen MR) is 141 cm³/mol. The van der Waals surface area contributed by atoms with Crippen LogP contribution in [0.3, 0.4) is 0 Å². The third kappa shape index (κ3) is 7.47. The molecule has 0 aliphatic rings. The lowest BCUT2D eigenvalue weighted by molar-refractivity contribution is -0.189. The molecular formula is C28H35N5O5. The summed E-state index contributed by atoms with van der Waals surface area (Å²) in [6.45, 7) is 8.69. The van der Waals surface area contributed by atoms with Crippen molar-refractivity contribution in [2.24, 2.45) is 5.92 Å². The normalized spacial score (nSPS) is 12.6. The Morgan fingerprint density at radius 2 is 1.66 bits per heavy atom. The number of esters is 2. The Kier molecular flexibility index (Phi) is 10.1. The lowest BCUT2D eigenvalue weighted by Crippen LogP contribution is -2.49. The van der Waals surface area contributed by atoms with Crippen molar-refractivity contribution < 1.29 is 23.9 Å². The number of unbranched alkanes of at least 4 members (excludes halogenated alkanes) is 1. The average molecular weight is 522 g/mol. The highest BCUT2D eigenvalue weighted by molar-refractivity contribution is 5.85. The Hall–Kier alpha value is -4.08. The number of hydrogen-bond donors (Lipinski definition) is 1. The monoisotopic (exact) mass is 521 g/mol. The molecule has 0 spiro atoms. The third-order valence-electron chi connectivity index (χ3n) is 6.02. The number of hydrogen-bond acceptors (Lipinski definition) is 8. The Balaban J connectivity index is 1.87. The Bertz CT molecular complexity index is 1210. The van der Waals surface area contributed by atoms with E-state index in [0.29, 0.717) is 18.7 Å². The van der Waals surface area contributed by atoms with Crippen LogP contribution in [0.15, 0.2) is 48.5 Å². The minimum Gasteiger partial charge on any atom is -0.426 e. The maximum atomic E-state index is 13.3. The van der Waals surface area contributed by atoms with Crippen LogP contribution >= 0.6 is 0 Å². The molecule has 1 aromatic heterocycles. The van der Waals surface area contributed by atoms with E-state index in [9.17, 15) is 14.4 Å². The standard InChI is InChI=1S/C28H35N5O5/c1-6-7-12-25(35)33(26(18(2)3)28(36)38-20(5)37-19(4)34)17-21-13-15-22(16-14-21)23-10-8-9-11-24(23)27-29-31-32-30-27/h8-11,13-16,18,20,26H,6-7,12,17H2,1-5H3,(H,29,30,31,32)/t20?,26-/m0/s1. The van der Waals surface area contributed by atoms with Crippen LogP contribution in [0.25, 0.3) is 22.5 Å². The molecule has 38 heavy (non-hydrogen) atoms. The summed E-state index contributed by atoms with van der Waals surface area (Å²) in [6, 6.07) is 14.7. The van der Waals surface area contributed by atoms with E-state index in [0.717, 1.165) is 28.7 Å². The number of aromatic nitrogens is 4. The van der Waals surface area contributed by atoms with Crippen molar-refractivity contribution in [1.29, 1.82) is 0 Å². The van der Waals surface area contributed by atoms with Crippen LogP contribution < -0.4 is 0 Å². The van der Waals surface area contributed by atoms with Gasteiger partial charge in [0.05, 0.1) is 0 Å². The molecule has 202 valence electrons. The van der Waals surface area contributed by atoms with Crippen LogP contribution in [0.5, 0.6) is 0 Å². The van der Waals surface area contributed by atoms with Gasteiger partial charge in [0.2, 0.25) is 18.0 Å². The molecule has 2 aromatic carbocycles. The van der Waals surface area contributed by atoms with Crippen molar-refractivity contribution >= 4 is 17.8 Å². The maximum Gasteiger partial charge on any atom is 0.332 e. The van der Waals surface area contributed by atoms with Crippen molar-refractivity contribution in [2.75, 3.05) is 0 Å². The molecule has 0 aliphatic carbocycles. The summed E-state index contributed by atoms with van der Waals surface area (Å²) in [7, 11) is 0. The number of H-pyrrole nitrogens is 1. The zero-order valence-corrected chi connectivity index (χ0v) is 22.5. The molecule has 0 bridgehead atoms. The largest absolute Gasteiger partial charge is 0.426 e. The van der Waals surface area contributed by atoms with Crippen molar-refractivity contribution in [2.45, 2.75) is 72.8 Å². The molecule has 0 saturated carbocycles. The number of nitrogens with one attached hydrogen (secondary N) is 1. The molecule has 0 saturated heterocycles. The highest BCUT2D eigenvalue weighted by Gasteiger charge is 2.34. The summed E-state index contributed by atoms with van der Waals surface area (Å²) in [5.74, 6) is -1.01. The van der Waals surface area contributed by atoms with Gasteiger partial charge < -0.3 is 14.4 Å². The van der Waals surface area contributed by atoms with E-state index in [1.807, 2.05) is 69.3 Å². The first-order valence-electron chi connectivity index (χ1n) is 12.8. The fourth-order valence-electron chi connectivity index (χ4n) is 4.26. The minimum absolute atomic E-state index is 0.130. The van der Waals surface area contributed by atoms with Gasteiger partial charge in [-0.2, -0.15) is 5.21 Å². The highest BCUT2D eigenvalue weighted by Crippen LogP contribution is 2.30. The Labute approximate surface area is 222 Å². The van der Waals surface area contributed by atoms with E-state index >= 15 is 0 Å². The van der Waals surface area contributed by atoms with E-state index in [2.05, 4.69) is 20.6 Å². The van der Waals surface area contributed by atoms with E-state index in [1.54, 1.807) is 4.90 Å². The topological polar surface area (TPSA) is 127 Å². The van der Waals surface area contributed by atoms with Crippen molar-refractivity contribution in [3.05, 3.63) is 54.1 Å². The lowest BCUT2D eigenvalue weighted by Gasteiger charge is -2.33. The number of benzene rings is 2. The van der Waals surface area contributed by atoms with Gasteiger partial charge in [-0.1, -0.05) is 75.7 Å². The molecule has 10 nitrogen and oxygen atoms in total. The number of rotatable bonds is 12. The summed E-state index contributed by atoms with van der Waals surface area (Å²) < 4.78 is 10.4. The van der Waals surface area contributed by atoms with Gasteiger partial charge >= 0.3 is 11.9 Å². The number of nitrogens with zero attached hydrogens (tertiary/aromatic N) is 4. The molecule has 3 aromatic rings. The first-order chi connectivity index (χ1) is 18.2. The third-order valence-corrected chi connectivity index (χ3v) is 6.02. The van der Waals surface area contributed by atoms with Gasteiger partial charge in [0.1, 0.15) is 6.04 Å². The Morgan fingerprint density at radius 3 is 2.24 bits per heavy atom. The van der Waals surface area contributed by atoms with Crippen molar-refractivity contribution in [3.8, 4) is 22.5 Å². The fourth-order valence-corrected chi connectivity index (χ4v) is 4.26. The SMILES string of the molecule is CCCCC(=O)N(Cc1ccc(-c2ccccc2-c2nn[nH]n2)cc1)[C@H](C(=O)OC(C)OC(C)=O)C(C)C. The second kappa shape index (κ2) is 13.5. The minimum atomic E-state index is -1.05.